The van der Waals surface area contributed by atoms with Gasteiger partial charge in [0.05, 0.1) is 16.7 Å². The van der Waals surface area contributed by atoms with Crippen LogP contribution >= 0.6 is 0 Å². The number of benzene rings is 2. The van der Waals surface area contributed by atoms with Gasteiger partial charge in [0.1, 0.15) is 5.82 Å². The molecule has 2 saturated heterocycles. The van der Waals surface area contributed by atoms with Crippen molar-refractivity contribution in [2.45, 2.75) is 17.4 Å². The normalized spacial score (nSPS) is 24.3. The first-order valence-corrected chi connectivity index (χ1v) is 11.1. The third-order valence-electron chi connectivity index (χ3n) is 5.76. The molecule has 5 nitrogen and oxygen atoms in total. The zero-order valence-electron chi connectivity index (χ0n) is 15.4. The van der Waals surface area contributed by atoms with Gasteiger partial charge in [-0.2, -0.15) is 0 Å². The van der Waals surface area contributed by atoms with Crippen LogP contribution in [0.25, 0.3) is 0 Å². The number of hydrogen-bond donors (Lipinski definition) is 1. The van der Waals surface area contributed by atoms with E-state index >= 15 is 0 Å². The van der Waals surface area contributed by atoms with Crippen molar-refractivity contribution in [3.05, 3.63) is 66.0 Å². The Morgan fingerprint density at radius 1 is 1.11 bits per heavy atom. The van der Waals surface area contributed by atoms with Gasteiger partial charge < -0.3 is 10.2 Å². The van der Waals surface area contributed by atoms with Crippen molar-refractivity contribution in [3.8, 4) is 0 Å². The smallest absolute Gasteiger partial charge is 0.224 e. The minimum atomic E-state index is -3.51. The molecule has 0 saturated carbocycles. The van der Waals surface area contributed by atoms with E-state index in [1.807, 2.05) is 6.07 Å². The van der Waals surface area contributed by atoms with Crippen LogP contribution in [0.1, 0.15) is 18.0 Å². The highest BCUT2D eigenvalue weighted by atomic mass is 32.2. The standard InChI is InChI=1S/C21H23FN2O3S/c22-17-6-4-5-15(11-17)21-19-13-23-12-16(19)14-24(21)20(25)9-10-28(26,27)18-7-2-1-3-8-18/h1-8,11,16,19,21,23H,9-10,12-14H2/t16-,19-,21-/m0/s1. The number of halogens is 1. The summed E-state index contributed by atoms with van der Waals surface area (Å²) in [4.78, 5) is 15.0. The van der Waals surface area contributed by atoms with E-state index in [-0.39, 0.29) is 40.8 Å². The number of hydrogen-bond acceptors (Lipinski definition) is 4. The minimum absolute atomic E-state index is 0.0735. The molecule has 4 rings (SSSR count). The number of amides is 1. The maximum Gasteiger partial charge on any atom is 0.224 e. The molecule has 148 valence electrons. The van der Waals surface area contributed by atoms with Crippen LogP contribution < -0.4 is 5.32 Å². The van der Waals surface area contributed by atoms with Crippen LogP contribution in [0.3, 0.4) is 0 Å². The highest BCUT2D eigenvalue weighted by Gasteiger charge is 2.46. The molecule has 2 fully saturated rings. The number of nitrogens with zero attached hydrogens (tertiary/aromatic N) is 1. The van der Waals surface area contributed by atoms with Crippen LogP contribution in [-0.2, 0) is 14.6 Å². The molecule has 2 heterocycles. The van der Waals surface area contributed by atoms with E-state index in [9.17, 15) is 17.6 Å². The van der Waals surface area contributed by atoms with Crippen LogP contribution in [0.2, 0.25) is 0 Å². The Balaban J connectivity index is 1.52. The summed E-state index contributed by atoms with van der Waals surface area (Å²) in [6, 6.07) is 14.3. The van der Waals surface area contributed by atoms with Gasteiger partial charge in [-0.05, 0) is 35.7 Å². The Hall–Kier alpha value is -2.25. The number of rotatable bonds is 5. The van der Waals surface area contributed by atoms with E-state index in [4.69, 9.17) is 0 Å². The molecule has 1 amide bonds. The predicted octanol–water partition coefficient (Wildman–Crippen LogP) is 2.41. The van der Waals surface area contributed by atoms with Crippen molar-refractivity contribution < 1.29 is 17.6 Å². The van der Waals surface area contributed by atoms with Gasteiger partial charge in [-0.1, -0.05) is 30.3 Å². The van der Waals surface area contributed by atoms with E-state index in [2.05, 4.69) is 5.32 Å². The van der Waals surface area contributed by atoms with E-state index in [1.165, 1.54) is 12.1 Å². The molecule has 2 aliphatic rings. The molecule has 0 aliphatic carbocycles. The molecule has 28 heavy (non-hydrogen) atoms. The molecule has 2 aromatic carbocycles. The summed E-state index contributed by atoms with van der Waals surface area (Å²) in [6.07, 6.45) is -0.0735. The molecule has 2 aromatic rings. The molecular weight excluding hydrogens is 379 g/mol. The fourth-order valence-electron chi connectivity index (χ4n) is 4.41. The molecule has 0 bridgehead atoms. The topological polar surface area (TPSA) is 66.5 Å². The molecule has 1 N–H and O–H groups in total. The Kier molecular flexibility index (Phi) is 5.21. The van der Waals surface area contributed by atoms with Crippen molar-refractivity contribution >= 4 is 15.7 Å². The first-order chi connectivity index (χ1) is 13.5. The molecule has 0 spiro atoms. The quantitative estimate of drug-likeness (QED) is 0.834. The summed E-state index contributed by atoms with van der Waals surface area (Å²) >= 11 is 0. The van der Waals surface area contributed by atoms with Crippen molar-refractivity contribution in [3.63, 3.8) is 0 Å². The lowest BCUT2D eigenvalue weighted by Gasteiger charge is -2.28. The largest absolute Gasteiger partial charge is 0.335 e. The molecular formula is C21H23FN2O3S. The van der Waals surface area contributed by atoms with Crippen LogP contribution in [0.4, 0.5) is 4.39 Å². The van der Waals surface area contributed by atoms with E-state index < -0.39 is 9.84 Å². The van der Waals surface area contributed by atoms with Gasteiger partial charge in [0.2, 0.25) is 5.91 Å². The van der Waals surface area contributed by atoms with Crippen LogP contribution in [0.5, 0.6) is 0 Å². The number of carbonyl (C=O) groups is 1. The van der Waals surface area contributed by atoms with Gasteiger partial charge in [-0.15, -0.1) is 0 Å². The average molecular weight is 402 g/mol. The Bertz CT molecular complexity index is 965. The number of sulfone groups is 1. The average Bonchev–Trinajstić information content (AvgIpc) is 3.28. The van der Waals surface area contributed by atoms with E-state index in [1.54, 1.807) is 41.3 Å². The van der Waals surface area contributed by atoms with Gasteiger partial charge in [0.25, 0.3) is 0 Å². The Labute approximate surface area is 164 Å². The summed E-state index contributed by atoms with van der Waals surface area (Å²) in [6.45, 7) is 2.17. The van der Waals surface area contributed by atoms with Crippen molar-refractivity contribution in [2.75, 3.05) is 25.4 Å². The molecule has 0 unspecified atom stereocenters. The molecule has 0 radical (unpaired) electrons. The summed E-state index contributed by atoms with van der Waals surface area (Å²) in [5.41, 5.74) is 0.774. The fraction of sp³-hybridized carbons (Fsp3) is 0.381. The van der Waals surface area contributed by atoms with Gasteiger partial charge in [-0.25, -0.2) is 12.8 Å². The summed E-state index contributed by atoms with van der Waals surface area (Å²) in [7, 11) is -3.51. The molecule has 3 atom stereocenters. The number of likely N-dealkylation sites (tertiary alicyclic amines) is 1. The third kappa shape index (κ3) is 3.69. The minimum Gasteiger partial charge on any atom is -0.335 e. The zero-order chi connectivity index (χ0) is 19.7. The lowest BCUT2D eigenvalue weighted by molar-refractivity contribution is -0.132. The molecule has 2 aliphatic heterocycles. The van der Waals surface area contributed by atoms with Crippen molar-refractivity contribution in [2.24, 2.45) is 11.8 Å². The lowest BCUT2D eigenvalue weighted by atomic mass is 9.89. The third-order valence-corrected chi connectivity index (χ3v) is 7.49. The van der Waals surface area contributed by atoms with Gasteiger partial charge >= 0.3 is 0 Å². The SMILES string of the molecule is O=C(CCS(=O)(=O)c1ccccc1)N1C[C@@H]2CNC[C@@H]2[C@@H]1c1cccc(F)c1. The molecule has 0 aromatic heterocycles. The Morgan fingerprint density at radius 2 is 1.89 bits per heavy atom. The first-order valence-electron chi connectivity index (χ1n) is 9.49. The Morgan fingerprint density at radius 3 is 2.64 bits per heavy atom. The maximum absolute atomic E-state index is 13.8. The van der Waals surface area contributed by atoms with E-state index in [0.29, 0.717) is 12.5 Å². The highest BCUT2D eigenvalue weighted by Crippen LogP contribution is 2.43. The summed E-state index contributed by atoms with van der Waals surface area (Å²) in [5.74, 6) is -0.218. The second-order valence-corrected chi connectivity index (χ2v) is 9.62. The van der Waals surface area contributed by atoms with Crippen LogP contribution in [0, 0.1) is 17.7 Å². The second-order valence-electron chi connectivity index (χ2n) is 7.51. The first kappa shape index (κ1) is 19.1. The molecule has 7 heteroatoms. The zero-order valence-corrected chi connectivity index (χ0v) is 16.2. The number of nitrogens with one attached hydrogen (secondary N) is 1. The van der Waals surface area contributed by atoms with Crippen molar-refractivity contribution in [1.82, 2.24) is 10.2 Å². The lowest BCUT2D eigenvalue weighted by Crippen LogP contribution is -2.35. The second kappa shape index (κ2) is 7.64. The summed E-state index contributed by atoms with van der Waals surface area (Å²) in [5, 5.41) is 3.35. The van der Waals surface area contributed by atoms with Crippen molar-refractivity contribution in [1.29, 1.82) is 0 Å². The fourth-order valence-corrected chi connectivity index (χ4v) is 5.66. The van der Waals surface area contributed by atoms with Crippen LogP contribution in [-0.4, -0.2) is 44.6 Å². The van der Waals surface area contributed by atoms with Gasteiger partial charge in [-0.3, -0.25) is 4.79 Å². The predicted molar refractivity (Wildman–Crippen MR) is 104 cm³/mol. The van der Waals surface area contributed by atoms with Crippen LogP contribution in [0.15, 0.2) is 59.5 Å². The van der Waals surface area contributed by atoms with E-state index in [0.717, 1.165) is 18.7 Å². The van der Waals surface area contributed by atoms with Gasteiger partial charge in [0, 0.05) is 32.0 Å². The van der Waals surface area contributed by atoms with Gasteiger partial charge in [0.15, 0.2) is 9.84 Å². The monoisotopic (exact) mass is 402 g/mol. The summed E-state index contributed by atoms with van der Waals surface area (Å²) < 4.78 is 38.8. The number of fused-ring (bicyclic) bond motifs is 1. The maximum atomic E-state index is 13.8. The number of carbonyl (C=O) groups excluding carboxylic acids is 1. The highest BCUT2D eigenvalue weighted by molar-refractivity contribution is 7.91.